The average molecular weight is 146 g/mol. The number of fused-ring (bicyclic) bond motifs is 1. The number of carbonyl (C=O) groups excluding carboxylic acids is 1. The van der Waals surface area contributed by atoms with Gasteiger partial charge in [-0.05, 0) is 12.1 Å². The van der Waals surface area contributed by atoms with Gasteiger partial charge in [0.05, 0.1) is 5.36 Å². The third-order valence-electron chi connectivity index (χ3n) is 1.62. The maximum absolute atomic E-state index is 10.8. The molecular formula is C8H6N2O. The Hall–Kier alpha value is -1.64. The molecule has 0 fully saturated rings. The first-order chi connectivity index (χ1) is 5.27. The molecule has 2 rings (SSSR count). The molecule has 11 heavy (non-hydrogen) atoms. The van der Waals surface area contributed by atoms with Crippen LogP contribution in [0.4, 0.5) is 5.69 Å². The predicted octanol–water partition coefficient (Wildman–Crippen LogP) is -0.791. The number of hydrogen-bond acceptors (Lipinski definition) is 2. The molecule has 54 valence electrons. The van der Waals surface area contributed by atoms with Gasteiger partial charge in [0.2, 0.25) is 0 Å². The van der Waals surface area contributed by atoms with Gasteiger partial charge in [0.15, 0.2) is 0 Å². The maximum atomic E-state index is 10.8. The third kappa shape index (κ3) is 0.816. The molecule has 2 N–H and O–H groups in total. The molecule has 0 saturated carbocycles. The van der Waals surface area contributed by atoms with E-state index in [0.29, 0.717) is 11.0 Å². The van der Waals surface area contributed by atoms with Crippen LogP contribution >= 0.6 is 0 Å². The lowest BCUT2D eigenvalue weighted by Gasteiger charge is -1.88. The number of carbonyl (C=O) groups is 1. The molecule has 3 heteroatoms. The molecular weight excluding hydrogens is 140 g/mol. The van der Waals surface area contributed by atoms with E-state index >= 15 is 0 Å². The molecule has 1 heterocycles. The van der Waals surface area contributed by atoms with Gasteiger partial charge in [-0.1, -0.05) is 6.07 Å². The van der Waals surface area contributed by atoms with Crippen molar-refractivity contribution in [2.24, 2.45) is 4.99 Å². The molecule has 1 amide bonds. The zero-order chi connectivity index (χ0) is 7.84. The summed E-state index contributed by atoms with van der Waals surface area (Å²) in [4.78, 5) is 14.5. The Balaban J connectivity index is 2.97. The van der Waals surface area contributed by atoms with E-state index in [1.54, 1.807) is 18.2 Å². The summed E-state index contributed by atoms with van der Waals surface area (Å²) in [5.41, 5.74) is 6.20. The van der Waals surface area contributed by atoms with Crippen LogP contribution in [0.3, 0.4) is 0 Å². The van der Waals surface area contributed by atoms with Crippen LogP contribution in [-0.2, 0) is 4.79 Å². The van der Waals surface area contributed by atoms with Crippen LogP contribution in [0.1, 0.15) is 0 Å². The van der Waals surface area contributed by atoms with Crippen molar-refractivity contribution in [2.75, 3.05) is 5.73 Å². The molecule has 0 atom stereocenters. The molecule has 0 radical (unpaired) electrons. The fourth-order valence-corrected chi connectivity index (χ4v) is 1.10. The maximum Gasteiger partial charge on any atom is 0.271 e. The second kappa shape index (κ2) is 1.92. The van der Waals surface area contributed by atoms with E-state index in [4.69, 9.17) is 5.73 Å². The fraction of sp³-hybridized carbons (Fsp3) is 0. The molecule has 1 aliphatic heterocycles. The second-order valence-corrected chi connectivity index (χ2v) is 2.37. The Morgan fingerprint density at radius 1 is 1.36 bits per heavy atom. The first-order valence-electron chi connectivity index (χ1n) is 3.26. The molecule has 0 aliphatic carbocycles. The first kappa shape index (κ1) is 6.09. The normalized spacial score (nSPS) is 13.6. The van der Waals surface area contributed by atoms with Gasteiger partial charge in [-0.2, -0.15) is 0 Å². The van der Waals surface area contributed by atoms with Crippen molar-refractivity contribution >= 4 is 17.7 Å². The number of nitrogens with two attached hydrogens (primary N) is 1. The smallest absolute Gasteiger partial charge is 0.271 e. The lowest BCUT2D eigenvalue weighted by atomic mass is 10.2. The van der Waals surface area contributed by atoms with Crippen LogP contribution < -0.4 is 16.3 Å². The number of nitrogen functional groups attached to an aromatic ring is 1. The van der Waals surface area contributed by atoms with Gasteiger partial charge in [0.1, 0.15) is 0 Å². The summed E-state index contributed by atoms with van der Waals surface area (Å²) in [5.74, 6) is -0.224. The summed E-state index contributed by atoms with van der Waals surface area (Å²) in [5, 5.41) is 1.42. The molecule has 0 aromatic heterocycles. The minimum absolute atomic E-state index is 0.224. The van der Waals surface area contributed by atoms with E-state index in [1.807, 2.05) is 0 Å². The Labute approximate surface area is 62.9 Å². The lowest BCUT2D eigenvalue weighted by Crippen LogP contribution is -2.24. The predicted molar refractivity (Wildman–Crippen MR) is 41.1 cm³/mol. The van der Waals surface area contributed by atoms with Crippen LogP contribution in [0.5, 0.6) is 0 Å². The quantitative estimate of drug-likeness (QED) is 0.487. The van der Waals surface area contributed by atoms with Gasteiger partial charge in [-0.25, -0.2) is 4.99 Å². The van der Waals surface area contributed by atoms with Crippen LogP contribution in [0.25, 0.3) is 6.08 Å². The van der Waals surface area contributed by atoms with E-state index in [9.17, 15) is 4.79 Å². The second-order valence-electron chi connectivity index (χ2n) is 2.37. The van der Waals surface area contributed by atoms with Crippen molar-refractivity contribution in [3.05, 3.63) is 28.8 Å². The highest BCUT2D eigenvalue weighted by Gasteiger charge is 2.03. The van der Waals surface area contributed by atoms with E-state index < -0.39 is 0 Å². The minimum atomic E-state index is -0.224. The van der Waals surface area contributed by atoms with E-state index in [-0.39, 0.29) is 5.91 Å². The number of amides is 1. The van der Waals surface area contributed by atoms with E-state index in [0.717, 1.165) is 5.22 Å². The monoisotopic (exact) mass is 146 g/mol. The average Bonchev–Trinajstić information content (AvgIpc) is 2.31. The SMILES string of the molecule is Nc1cccc2c1=CC(=O)N=2. The summed E-state index contributed by atoms with van der Waals surface area (Å²) >= 11 is 0. The summed E-state index contributed by atoms with van der Waals surface area (Å²) in [6.45, 7) is 0. The Morgan fingerprint density at radius 2 is 2.18 bits per heavy atom. The topological polar surface area (TPSA) is 55.5 Å². The summed E-state index contributed by atoms with van der Waals surface area (Å²) in [6.07, 6.45) is 1.45. The molecule has 1 aliphatic rings. The van der Waals surface area contributed by atoms with Crippen molar-refractivity contribution in [3.63, 3.8) is 0 Å². The highest BCUT2D eigenvalue weighted by Crippen LogP contribution is 1.91. The van der Waals surface area contributed by atoms with Crippen molar-refractivity contribution < 1.29 is 4.79 Å². The van der Waals surface area contributed by atoms with Gasteiger partial charge in [0, 0.05) is 17.0 Å². The highest BCUT2D eigenvalue weighted by atomic mass is 16.1. The van der Waals surface area contributed by atoms with Gasteiger partial charge in [-0.3, -0.25) is 4.79 Å². The molecule has 1 aromatic carbocycles. The summed E-state index contributed by atoms with van der Waals surface area (Å²) < 4.78 is 0. The molecule has 0 bridgehead atoms. The van der Waals surface area contributed by atoms with Crippen LogP contribution in [0.15, 0.2) is 23.2 Å². The largest absolute Gasteiger partial charge is 0.398 e. The standard InChI is InChI=1S/C8H6N2O/c9-6-2-1-3-7-5(6)4-8(11)10-7/h1-4H,9H2. The highest BCUT2D eigenvalue weighted by molar-refractivity contribution is 6.07. The van der Waals surface area contributed by atoms with E-state index in [1.165, 1.54) is 6.08 Å². The number of rotatable bonds is 0. The van der Waals surface area contributed by atoms with Crippen molar-refractivity contribution in [2.45, 2.75) is 0 Å². The van der Waals surface area contributed by atoms with Gasteiger partial charge >= 0.3 is 0 Å². The number of nitrogens with zero attached hydrogens (tertiary/aromatic N) is 1. The Kier molecular flexibility index (Phi) is 1.06. The van der Waals surface area contributed by atoms with Crippen LogP contribution in [0.2, 0.25) is 0 Å². The Morgan fingerprint density at radius 3 is 2.91 bits per heavy atom. The minimum Gasteiger partial charge on any atom is -0.398 e. The third-order valence-corrected chi connectivity index (χ3v) is 1.62. The van der Waals surface area contributed by atoms with Crippen molar-refractivity contribution in [1.82, 2.24) is 0 Å². The van der Waals surface area contributed by atoms with Crippen molar-refractivity contribution in [1.29, 1.82) is 0 Å². The summed E-state index contributed by atoms with van der Waals surface area (Å²) in [7, 11) is 0. The Bertz CT molecular complexity index is 434. The van der Waals surface area contributed by atoms with Crippen LogP contribution in [-0.4, -0.2) is 5.91 Å². The van der Waals surface area contributed by atoms with E-state index in [2.05, 4.69) is 4.99 Å². The molecule has 1 aromatic rings. The number of hydrogen-bond donors (Lipinski definition) is 1. The van der Waals surface area contributed by atoms with Gasteiger partial charge in [0.25, 0.3) is 5.91 Å². The van der Waals surface area contributed by atoms with Gasteiger partial charge < -0.3 is 5.73 Å². The summed E-state index contributed by atoms with van der Waals surface area (Å²) in [6, 6.07) is 5.31. The number of anilines is 1. The van der Waals surface area contributed by atoms with Crippen LogP contribution in [0, 0.1) is 0 Å². The fourth-order valence-electron chi connectivity index (χ4n) is 1.10. The van der Waals surface area contributed by atoms with Crippen molar-refractivity contribution in [3.8, 4) is 0 Å². The molecule has 0 saturated heterocycles. The number of benzene rings is 1. The molecule has 0 unspecified atom stereocenters. The lowest BCUT2D eigenvalue weighted by molar-refractivity contribution is -0.112. The molecule has 3 nitrogen and oxygen atoms in total. The van der Waals surface area contributed by atoms with Gasteiger partial charge in [-0.15, -0.1) is 0 Å². The zero-order valence-corrected chi connectivity index (χ0v) is 5.74. The molecule has 0 spiro atoms. The first-order valence-corrected chi connectivity index (χ1v) is 3.26. The zero-order valence-electron chi connectivity index (χ0n) is 5.74.